The lowest BCUT2D eigenvalue weighted by Gasteiger charge is -2.35. The minimum absolute atomic E-state index is 0.0217. The Balaban J connectivity index is 1.40. The molecule has 4 rings (SSSR count). The lowest BCUT2D eigenvalue weighted by Crippen LogP contribution is -2.44. The molecule has 0 aromatic heterocycles. The third-order valence-corrected chi connectivity index (χ3v) is 5.99. The number of amides is 1. The van der Waals surface area contributed by atoms with E-state index in [4.69, 9.17) is 9.47 Å². The summed E-state index contributed by atoms with van der Waals surface area (Å²) in [6.45, 7) is 6.88. The summed E-state index contributed by atoms with van der Waals surface area (Å²) in [7, 11) is 2.14. The fourth-order valence-electron chi connectivity index (χ4n) is 4.19. The number of rotatable bonds is 7. The number of aryl methyl sites for hydroxylation is 1. The molecule has 1 N–H and O–H groups in total. The standard InChI is InChI=1S/C24H31N3O3/c1-18-3-6-21(7-4-18)30-17-24(28)25-16-23(27-11-13-29-14-12-27)19-5-8-22-20(15-19)9-10-26(22)2/h3-8,15,23H,9-14,16-17H2,1-2H3,(H,25,28)/t23-/m1/s1. The number of ether oxygens (including phenoxy) is 2. The van der Waals surface area contributed by atoms with Crippen molar-refractivity contribution in [2.45, 2.75) is 19.4 Å². The van der Waals surface area contributed by atoms with Gasteiger partial charge in [0.05, 0.1) is 19.3 Å². The van der Waals surface area contributed by atoms with Gasteiger partial charge in [-0.25, -0.2) is 0 Å². The maximum absolute atomic E-state index is 12.4. The predicted molar refractivity (Wildman–Crippen MR) is 118 cm³/mol. The van der Waals surface area contributed by atoms with Gasteiger partial charge in [-0.3, -0.25) is 9.69 Å². The summed E-state index contributed by atoms with van der Waals surface area (Å²) >= 11 is 0. The molecule has 2 heterocycles. The summed E-state index contributed by atoms with van der Waals surface area (Å²) in [5.41, 5.74) is 5.13. The summed E-state index contributed by atoms with van der Waals surface area (Å²) in [6, 6.07) is 14.6. The van der Waals surface area contributed by atoms with Crippen molar-refractivity contribution in [3.05, 3.63) is 59.2 Å². The maximum Gasteiger partial charge on any atom is 0.258 e. The first-order valence-corrected chi connectivity index (χ1v) is 10.7. The smallest absolute Gasteiger partial charge is 0.258 e. The number of hydrogen-bond acceptors (Lipinski definition) is 5. The topological polar surface area (TPSA) is 54.0 Å². The first-order valence-electron chi connectivity index (χ1n) is 10.7. The summed E-state index contributed by atoms with van der Waals surface area (Å²) in [5.74, 6) is 0.609. The zero-order valence-electron chi connectivity index (χ0n) is 17.9. The van der Waals surface area contributed by atoms with Crippen LogP contribution in [-0.4, -0.2) is 63.9 Å². The third-order valence-electron chi connectivity index (χ3n) is 5.99. The van der Waals surface area contributed by atoms with Crippen LogP contribution in [-0.2, 0) is 16.0 Å². The molecule has 2 aliphatic heterocycles. The molecule has 0 radical (unpaired) electrons. The lowest BCUT2D eigenvalue weighted by molar-refractivity contribution is -0.123. The van der Waals surface area contributed by atoms with Gasteiger partial charge in [-0.2, -0.15) is 0 Å². The number of fused-ring (bicyclic) bond motifs is 1. The number of hydrogen-bond donors (Lipinski definition) is 1. The summed E-state index contributed by atoms with van der Waals surface area (Å²) in [6.07, 6.45) is 1.08. The largest absolute Gasteiger partial charge is 0.484 e. The van der Waals surface area contributed by atoms with E-state index >= 15 is 0 Å². The highest BCUT2D eigenvalue weighted by Crippen LogP contribution is 2.31. The molecule has 1 fully saturated rings. The fourth-order valence-corrected chi connectivity index (χ4v) is 4.19. The minimum Gasteiger partial charge on any atom is -0.484 e. The Labute approximate surface area is 178 Å². The van der Waals surface area contributed by atoms with E-state index in [0.717, 1.165) is 39.3 Å². The number of likely N-dealkylation sites (N-methyl/N-ethyl adjacent to an activating group) is 1. The molecule has 1 saturated heterocycles. The molecule has 0 spiro atoms. The maximum atomic E-state index is 12.4. The number of anilines is 1. The fraction of sp³-hybridized carbons (Fsp3) is 0.458. The summed E-state index contributed by atoms with van der Waals surface area (Å²) < 4.78 is 11.2. The van der Waals surface area contributed by atoms with Crippen LogP contribution in [0.15, 0.2) is 42.5 Å². The van der Waals surface area contributed by atoms with Crippen molar-refractivity contribution >= 4 is 11.6 Å². The molecule has 0 saturated carbocycles. The number of carbonyl (C=O) groups excluding carboxylic acids is 1. The van der Waals surface area contributed by atoms with Crippen LogP contribution in [0.4, 0.5) is 5.69 Å². The van der Waals surface area contributed by atoms with E-state index in [2.05, 4.69) is 40.4 Å². The van der Waals surface area contributed by atoms with Crippen LogP contribution in [0.1, 0.15) is 22.7 Å². The average Bonchev–Trinajstić information content (AvgIpc) is 3.14. The molecule has 1 atom stereocenters. The normalized spacial score (nSPS) is 17.5. The first kappa shape index (κ1) is 20.7. The molecular formula is C24H31N3O3. The molecule has 2 aliphatic rings. The monoisotopic (exact) mass is 409 g/mol. The molecular weight excluding hydrogens is 378 g/mol. The molecule has 2 aromatic rings. The van der Waals surface area contributed by atoms with Gasteiger partial charge in [-0.15, -0.1) is 0 Å². The Morgan fingerprint density at radius 2 is 1.90 bits per heavy atom. The number of carbonyl (C=O) groups is 1. The van der Waals surface area contributed by atoms with Crippen molar-refractivity contribution in [1.29, 1.82) is 0 Å². The van der Waals surface area contributed by atoms with Gasteiger partial charge in [0.15, 0.2) is 6.61 Å². The van der Waals surface area contributed by atoms with Gasteiger partial charge in [0.25, 0.3) is 5.91 Å². The molecule has 1 amide bonds. The highest BCUT2D eigenvalue weighted by atomic mass is 16.5. The first-order chi connectivity index (χ1) is 14.6. The van der Waals surface area contributed by atoms with Crippen molar-refractivity contribution in [1.82, 2.24) is 10.2 Å². The molecule has 6 heteroatoms. The van der Waals surface area contributed by atoms with Crippen molar-refractivity contribution in [2.24, 2.45) is 0 Å². The second-order valence-corrected chi connectivity index (χ2v) is 8.13. The van der Waals surface area contributed by atoms with Crippen molar-refractivity contribution in [2.75, 3.05) is 57.9 Å². The van der Waals surface area contributed by atoms with Gasteiger partial charge in [0.1, 0.15) is 5.75 Å². The van der Waals surface area contributed by atoms with Crippen LogP contribution in [0.2, 0.25) is 0 Å². The van der Waals surface area contributed by atoms with Crippen molar-refractivity contribution < 1.29 is 14.3 Å². The highest BCUT2D eigenvalue weighted by Gasteiger charge is 2.25. The van der Waals surface area contributed by atoms with E-state index in [-0.39, 0.29) is 18.6 Å². The minimum atomic E-state index is -0.102. The zero-order valence-corrected chi connectivity index (χ0v) is 17.9. The molecule has 0 aliphatic carbocycles. The van der Waals surface area contributed by atoms with Crippen LogP contribution < -0.4 is 15.0 Å². The van der Waals surface area contributed by atoms with E-state index in [1.54, 1.807) is 0 Å². The van der Waals surface area contributed by atoms with Gasteiger partial charge in [0.2, 0.25) is 0 Å². The number of nitrogens with zero attached hydrogens (tertiary/aromatic N) is 2. The van der Waals surface area contributed by atoms with E-state index < -0.39 is 0 Å². The van der Waals surface area contributed by atoms with Crippen molar-refractivity contribution in [3.8, 4) is 5.75 Å². The Hall–Kier alpha value is -2.57. The van der Waals surface area contributed by atoms with Crippen LogP contribution in [0, 0.1) is 6.92 Å². The molecule has 0 bridgehead atoms. The number of morpholine rings is 1. The average molecular weight is 410 g/mol. The highest BCUT2D eigenvalue weighted by molar-refractivity contribution is 5.77. The Kier molecular flexibility index (Phi) is 6.55. The van der Waals surface area contributed by atoms with Gasteiger partial charge in [-0.1, -0.05) is 29.8 Å². The Morgan fingerprint density at radius 3 is 2.67 bits per heavy atom. The van der Waals surface area contributed by atoms with E-state index in [9.17, 15) is 4.79 Å². The molecule has 6 nitrogen and oxygen atoms in total. The molecule has 160 valence electrons. The van der Waals surface area contributed by atoms with E-state index in [1.807, 2.05) is 31.2 Å². The molecule has 30 heavy (non-hydrogen) atoms. The molecule has 0 unspecified atom stereocenters. The van der Waals surface area contributed by atoms with E-state index in [1.165, 1.54) is 22.4 Å². The second-order valence-electron chi connectivity index (χ2n) is 8.13. The SMILES string of the molecule is Cc1ccc(OCC(=O)NC[C@H](c2ccc3c(c2)CCN3C)N2CCOCC2)cc1. The van der Waals surface area contributed by atoms with Gasteiger partial charge >= 0.3 is 0 Å². The van der Waals surface area contributed by atoms with Gasteiger partial charge < -0.3 is 19.7 Å². The zero-order chi connectivity index (χ0) is 20.9. The quantitative estimate of drug-likeness (QED) is 0.762. The Bertz CT molecular complexity index is 862. The predicted octanol–water partition coefficient (Wildman–Crippen LogP) is 2.56. The lowest BCUT2D eigenvalue weighted by atomic mass is 10.0. The summed E-state index contributed by atoms with van der Waals surface area (Å²) in [4.78, 5) is 17.2. The number of benzene rings is 2. The van der Waals surface area contributed by atoms with E-state index in [0.29, 0.717) is 12.3 Å². The summed E-state index contributed by atoms with van der Waals surface area (Å²) in [5, 5.41) is 3.08. The molecule has 2 aromatic carbocycles. The van der Waals surface area contributed by atoms with Gasteiger partial charge in [-0.05, 0) is 42.7 Å². The van der Waals surface area contributed by atoms with Gasteiger partial charge in [0, 0.05) is 38.9 Å². The second kappa shape index (κ2) is 9.49. The van der Waals surface area contributed by atoms with Crippen LogP contribution in [0.5, 0.6) is 5.75 Å². The Morgan fingerprint density at radius 1 is 1.13 bits per heavy atom. The number of nitrogens with one attached hydrogen (secondary N) is 1. The van der Waals surface area contributed by atoms with Crippen LogP contribution >= 0.6 is 0 Å². The van der Waals surface area contributed by atoms with Crippen LogP contribution in [0.3, 0.4) is 0 Å². The third kappa shape index (κ3) is 4.94. The van der Waals surface area contributed by atoms with Crippen LogP contribution in [0.25, 0.3) is 0 Å². The van der Waals surface area contributed by atoms with Crippen molar-refractivity contribution in [3.63, 3.8) is 0 Å².